The second-order valence-corrected chi connectivity index (χ2v) is 9.19. The fourth-order valence-corrected chi connectivity index (χ4v) is 4.67. The van der Waals surface area contributed by atoms with Crippen molar-refractivity contribution in [3.8, 4) is 17.0 Å². The predicted octanol–water partition coefficient (Wildman–Crippen LogP) is 4.11. The third-order valence-corrected chi connectivity index (χ3v) is 6.35. The molecule has 34 heavy (non-hydrogen) atoms. The third kappa shape index (κ3) is 4.33. The van der Waals surface area contributed by atoms with Crippen LogP contribution in [0.5, 0.6) is 5.75 Å². The number of aromatic amines is 1. The van der Waals surface area contributed by atoms with E-state index < -0.39 is 12.1 Å². The predicted molar refractivity (Wildman–Crippen MR) is 130 cm³/mol. The topological polar surface area (TPSA) is 96.2 Å². The van der Waals surface area contributed by atoms with E-state index in [1.165, 1.54) is 16.4 Å². The van der Waals surface area contributed by atoms with E-state index >= 15 is 0 Å². The quantitative estimate of drug-likeness (QED) is 0.237. The van der Waals surface area contributed by atoms with E-state index in [2.05, 4.69) is 4.98 Å². The van der Waals surface area contributed by atoms with Crippen molar-refractivity contribution in [1.82, 2.24) is 10.1 Å². The summed E-state index contributed by atoms with van der Waals surface area (Å²) in [6, 6.07) is 12.0. The number of nitrogens with zero attached hydrogens (tertiary/aromatic N) is 3. The Labute approximate surface area is 205 Å². The van der Waals surface area contributed by atoms with E-state index in [1.807, 2.05) is 6.92 Å². The van der Waals surface area contributed by atoms with Crippen LogP contribution in [-0.4, -0.2) is 27.7 Å². The number of esters is 1. The van der Waals surface area contributed by atoms with Crippen molar-refractivity contribution < 1.29 is 19.0 Å². The lowest BCUT2D eigenvalue weighted by atomic mass is 10.0. The highest BCUT2D eigenvalue weighted by Gasteiger charge is 2.46. The van der Waals surface area contributed by atoms with Crippen molar-refractivity contribution >= 4 is 40.9 Å². The van der Waals surface area contributed by atoms with Crippen molar-refractivity contribution in [1.29, 1.82) is 0 Å². The Balaban J connectivity index is 2.08. The molecule has 3 aromatic rings. The van der Waals surface area contributed by atoms with Crippen LogP contribution < -0.4 is 19.9 Å². The van der Waals surface area contributed by atoms with E-state index in [0.29, 0.717) is 38.4 Å². The van der Waals surface area contributed by atoms with Gasteiger partial charge in [-0.05, 0) is 40.8 Å². The summed E-state index contributed by atoms with van der Waals surface area (Å²) < 4.78 is 7.14. The number of nitrogens with one attached hydrogen (secondary N) is 1. The molecule has 1 unspecified atom stereocenters. The van der Waals surface area contributed by atoms with Crippen molar-refractivity contribution in [2.75, 3.05) is 10.7 Å². The molecule has 10 heteroatoms. The monoisotopic (exact) mass is 499 g/mol. The molecule has 0 aliphatic carbocycles. The number of benzene rings is 2. The fourth-order valence-electron chi connectivity index (χ4n) is 3.90. The molecule has 0 saturated carbocycles. The standard InChI is InChI=1S/C24H23ClN4O4S/c1-4-19(30)28-17-10-8-7-9-15(17)21-22(32)26-24(34-6-3)27-29(21)23(28)16-13-14(25)11-12-18(16)33-20(31)5-2/h7-13,23H,4-6H2,1-3H3/p+1. The van der Waals surface area contributed by atoms with Gasteiger partial charge in [0, 0.05) is 23.0 Å². The zero-order chi connectivity index (χ0) is 24.4. The minimum absolute atomic E-state index is 0.173. The van der Waals surface area contributed by atoms with E-state index in [0.717, 1.165) is 0 Å². The van der Waals surface area contributed by atoms with Crippen molar-refractivity contribution in [3.63, 3.8) is 0 Å². The second-order valence-electron chi connectivity index (χ2n) is 7.50. The van der Waals surface area contributed by atoms with Gasteiger partial charge in [0.2, 0.25) is 11.1 Å². The van der Waals surface area contributed by atoms with Gasteiger partial charge in [-0.1, -0.05) is 56.3 Å². The molecule has 0 fully saturated rings. The van der Waals surface area contributed by atoms with Crippen LogP contribution in [0.3, 0.4) is 0 Å². The minimum Gasteiger partial charge on any atom is -0.426 e. The molecule has 2 heterocycles. The normalized spacial score (nSPS) is 14.4. The molecule has 1 atom stereocenters. The first kappa shape index (κ1) is 24.0. The molecule has 0 spiro atoms. The fraction of sp³-hybridized carbons (Fsp3) is 0.292. The summed E-state index contributed by atoms with van der Waals surface area (Å²) in [5.74, 6) is 0.326. The van der Waals surface area contributed by atoms with E-state index in [4.69, 9.17) is 21.4 Å². The number of anilines is 1. The highest BCUT2D eigenvalue weighted by molar-refractivity contribution is 7.99. The maximum Gasteiger partial charge on any atom is 0.325 e. The molecule has 1 N–H and O–H groups in total. The SMILES string of the molecule is CCSc1n[n+]2c(c(=O)[nH]1)-c1ccccc1N(C(=O)CC)C2c1cc(Cl)ccc1OC(=O)CC. The number of aromatic nitrogens is 3. The number of carbonyl (C=O) groups is 2. The number of hydrogen-bond acceptors (Lipinski definition) is 6. The lowest BCUT2D eigenvalue weighted by molar-refractivity contribution is -0.763. The number of hydrogen-bond donors (Lipinski definition) is 1. The van der Waals surface area contributed by atoms with E-state index in [9.17, 15) is 14.4 Å². The Morgan fingerprint density at radius 2 is 1.94 bits per heavy atom. The lowest BCUT2D eigenvalue weighted by Gasteiger charge is -2.32. The first-order valence-electron chi connectivity index (χ1n) is 11.0. The highest BCUT2D eigenvalue weighted by Crippen LogP contribution is 2.40. The van der Waals surface area contributed by atoms with Crippen molar-refractivity contribution in [3.05, 3.63) is 63.4 Å². The third-order valence-electron chi connectivity index (χ3n) is 5.37. The Bertz CT molecular complexity index is 1330. The highest BCUT2D eigenvalue weighted by atomic mass is 35.5. The first-order chi connectivity index (χ1) is 16.4. The summed E-state index contributed by atoms with van der Waals surface area (Å²) in [5, 5.41) is 5.51. The van der Waals surface area contributed by atoms with Crippen LogP contribution in [0.1, 0.15) is 45.3 Å². The molecule has 4 rings (SSSR count). The minimum atomic E-state index is -0.894. The van der Waals surface area contributed by atoms with E-state index in [-0.39, 0.29) is 30.1 Å². The lowest BCUT2D eigenvalue weighted by Crippen LogP contribution is -2.61. The zero-order valence-corrected chi connectivity index (χ0v) is 20.6. The van der Waals surface area contributed by atoms with Crippen LogP contribution in [-0.2, 0) is 9.59 Å². The summed E-state index contributed by atoms with van der Waals surface area (Å²) in [6.07, 6.45) is -0.508. The molecule has 1 aromatic heterocycles. The van der Waals surface area contributed by atoms with E-state index in [1.54, 1.807) is 61.2 Å². The van der Waals surface area contributed by atoms with Crippen LogP contribution in [0.25, 0.3) is 11.3 Å². The zero-order valence-electron chi connectivity index (χ0n) is 19.0. The molecule has 1 aliphatic heterocycles. The number of halogens is 1. The molecule has 1 amide bonds. The molecule has 8 nitrogen and oxygen atoms in total. The molecule has 0 bridgehead atoms. The summed E-state index contributed by atoms with van der Waals surface area (Å²) in [4.78, 5) is 43.2. The maximum atomic E-state index is 13.3. The first-order valence-corrected chi connectivity index (χ1v) is 12.4. The van der Waals surface area contributed by atoms with Crippen LogP contribution in [0.15, 0.2) is 52.4 Å². The molecule has 1 aliphatic rings. The maximum absolute atomic E-state index is 13.3. The number of amides is 1. The molecule has 0 radical (unpaired) electrons. The summed E-state index contributed by atoms with van der Waals surface area (Å²) in [7, 11) is 0. The summed E-state index contributed by atoms with van der Waals surface area (Å²) in [6.45, 7) is 5.41. The number of fused-ring (bicyclic) bond motifs is 3. The van der Waals surface area contributed by atoms with Gasteiger partial charge >= 0.3 is 17.2 Å². The van der Waals surface area contributed by atoms with Crippen LogP contribution in [0, 0.1) is 0 Å². The number of carbonyl (C=O) groups excluding carboxylic acids is 2. The van der Waals surface area contributed by atoms with Gasteiger partial charge < -0.3 is 4.74 Å². The van der Waals surface area contributed by atoms with Gasteiger partial charge in [-0.25, -0.2) is 4.90 Å². The van der Waals surface area contributed by atoms with Gasteiger partial charge in [-0.2, -0.15) is 0 Å². The van der Waals surface area contributed by atoms with Crippen LogP contribution >= 0.6 is 23.4 Å². The van der Waals surface area contributed by atoms with Crippen LogP contribution in [0.4, 0.5) is 5.69 Å². The van der Waals surface area contributed by atoms with Gasteiger partial charge in [0.1, 0.15) is 5.75 Å². The molecule has 2 aromatic carbocycles. The van der Waals surface area contributed by atoms with Gasteiger partial charge in [0.05, 0.1) is 16.8 Å². The Morgan fingerprint density at radius 1 is 1.18 bits per heavy atom. The summed E-state index contributed by atoms with van der Waals surface area (Å²) >= 11 is 7.74. The molecule has 0 saturated heterocycles. The Hall–Kier alpha value is -3.17. The number of rotatable bonds is 6. The summed E-state index contributed by atoms with van der Waals surface area (Å²) in [5.41, 5.74) is 1.56. The van der Waals surface area contributed by atoms with Crippen LogP contribution in [0.2, 0.25) is 5.02 Å². The van der Waals surface area contributed by atoms with Crippen molar-refractivity contribution in [2.24, 2.45) is 0 Å². The molecular formula is C24H24ClN4O4S+. The number of ether oxygens (including phenoxy) is 1. The van der Waals surface area contributed by atoms with Gasteiger partial charge in [0.15, 0.2) is 0 Å². The average Bonchev–Trinajstić information content (AvgIpc) is 2.83. The second kappa shape index (κ2) is 9.99. The Morgan fingerprint density at radius 3 is 2.65 bits per heavy atom. The molecule has 176 valence electrons. The van der Waals surface area contributed by atoms with Gasteiger partial charge in [0.25, 0.3) is 6.17 Å². The number of thioether (sulfide) groups is 1. The number of H-pyrrole nitrogens is 1. The van der Waals surface area contributed by atoms with Gasteiger partial charge in [-0.15, -0.1) is 0 Å². The largest absolute Gasteiger partial charge is 0.426 e. The number of para-hydroxylation sites is 1. The average molecular weight is 500 g/mol. The smallest absolute Gasteiger partial charge is 0.325 e. The Kier molecular flexibility index (Phi) is 7.04. The van der Waals surface area contributed by atoms with Crippen molar-refractivity contribution in [2.45, 2.75) is 44.9 Å². The van der Waals surface area contributed by atoms with Gasteiger partial charge in [-0.3, -0.25) is 19.4 Å². The molecular weight excluding hydrogens is 476 g/mol.